The Kier molecular flexibility index (Phi) is 6.98. The largest absolute Gasteiger partial charge is 0.352 e. The van der Waals surface area contributed by atoms with Gasteiger partial charge in [0.2, 0.25) is 11.7 Å². The molecule has 1 heterocycles. The van der Waals surface area contributed by atoms with Crippen molar-refractivity contribution in [2.24, 2.45) is 0 Å². The summed E-state index contributed by atoms with van der Waals surface area (Å²) in [6.45, 7) is 1.47. The van der Waals surface area contributed by atoms with Crippen LogP contribution in [0.2, 0.25) is 5.02 Å². The third-order valence-corrected chi connectivity index (χ3v) is 5.93. The first-order chi connectivity index (χ1) is 15.9. The summed E-state index contributed by atoms with van der Waals surface area (Å²) in [5.41, 5.74) is 1.12. The van der Waals surface area contributed by atoms with Gasteiger partial charge in [0.15, 0.2) is 0 Å². The van der Waals surface area contributed by atoms with Crippen molar-refractivity contribution in [1.29, 1.82) is 0 Å². The maximum atomic E-state index is 13.3. The fraction of sp³-hybridized carbons (Fsp3) is 0.348. The molecule has 1 saturated carbocycles. The fourth-order valence-electron chi connectivity index (χ4n) is 3.92. The average molecular weight is 471 g/mol. The predicted octanol–water partition coefficient (Wildman–Crippen LogP) is 3.61. The van der Waals surface area contributed by atoms with Crippen LogP contribution < -0.4 is 10.2 Å². The molecule has 3 aromatic rings. The average Bonchev–Trinajstić information content (AvgIpc) is 3.48. The number of anilines is 1. The van der Waals surface area contributed by atoms with Crippen molar-refractivity contribution >= 4 is 29.1 Å². The number of nitrogens with zero attached hydrogens (tertiary/aromatic N) is 5. The number of aromatic nitrogens is 4. The number of hydrogen-bond donors (Lipinski definition) is 1. The zero-order valence-electron chi connectivity index (χ0n) is 18.1. The van der Waals surface area contributed by atoms with Gasteiger partial charge in [0.25, 0.3) is 5.91 Å². The number of carbonyl (C=O) groups excluding carboxylic acids is 2. The van der Waals surface area contributed by atoms with Gasteiger partial charge >= 0.3 is 0 Å². The Bertz CT molecular complexity index is 1110. The van der Waals surface area contributed by atoms with Gasteiger partial charge in [-0.3, -0.25) is 14.5 Å². The van der Waals surface area contributed by atoms with Gasteiger partial charge in [0, 0.05) is 22.3 Å². The zero-order chi connectivity index (χ0) is 23.4. The minimum atomic E-state index is -0.751. The molecule has 1 fully saturated rings. The van der Waals surface area contributed by atoms with E-state index in [9.17, 15) is 14.0 Å². The molecule has 2 aromatic carbocycles. The fourth-order valence-corrected chi connectivity index (χ4v) is 4.04. The molecule has 33 heavy (non-hydrogen) atoms. The number of benzene rings is 2. The summed E-state index contributed by atoms with van der Waals surface area (Å²) in [6, 6.07) is 11.8. The van der Waals surface area contributed by atoms with Crippen molar-refractivity contribution in [3.05, 3.63) is 59.4 Å². The van der Waals surface area contributed by atoms with Crippen LogP contribution >= 0.6 is 11.6 Å². The number of nitrogens with one attached hydrogen (secondary N) is 1. The Hall–Kier alpha value is -3.33. The van der Waals surface area contributed by atoms with Gasteiger partial charge in [-0.2, -0.15) is 4.80 Å². The van der Waals surface area contributed by atoms with E-state index < -0.39 is 6.04 Å². The number of rotatable bonds is 7. The lowest BCUT2D eigenvalue weighted by molar-refractivity contribution is -0.127. The molecule has 0 spiro atoms. The molecule has 1 unspecified atom stereocenters. The van der Waals surface area contributed by atoms with E-state index >= 15 is 0 Å². The van der Waals surface area contributed by atoms with Crippen LogP contribution in [0.15, 0.2) is 48.5 Å². The Morgan fingerprint density at radius 1 is 1.15 bits per heavy atom. The Morgan fingerprint density at radius 2 is 1.82 bits per heavy atom. The smallest absolute Gasteiger partial charge is 0.251 e. The first-order valence-corrected chi connectivity index (χ1v) is 11.2. The van der Waals surface area contributed by atoms with Crippen molar-refractivity contribution in [1.82, 2.24) is 25.5 Å². The van der Waals surface area contributed by atoms with Crippen molar-refractivity contribution in [3.8, 4) is 11.4 Å². The van der Waals surface area contributed by atoms with Crippen molar-refractivity contribution in [2.75, 3.05) is 4.90 Å². The van der Waals surface area contributed by atoms with Crippen molar-refractivity contribution in [2.45, 2.75) is 51.2 Å². The number of amides is 2. The van der Waals surface area contributed by atoms with E-state index in [4.69, 9.17) is 11.6 Å². The summed E-state index contributed by atoms with van der Waals surface area (Å²) in [5.74, 6) is -0.698. The first kappa shape index (κ1) is 22.8. The molecular weight excluding hydrogens is 447 g/mol. The van der Waals surface area contributed by atoms with E-state index in [0.29, 0.717) is 16.3 Å². The maximum absolute atomic E-state index is 13.3. The van der Waals surface area contributed by atoms with E-state index in [1.165, 1.54) is 29.2 Å². The van der Waals surface area contributed by atoms with Gasteiger partial charge in [-0.15, -0.1) is 10.2 Å². The number of hydrogen-bond acceptors (Lipinski definition) is 5. The molecule has 1 N–H and O–H groups in total. The van der Waals surface area contributed by atoms with Crippen LogP contribution in [0.25, 0.3) is 11.4 Å². The van der Waals surface area contributed by atoms with E-state index in [0.717, 1.165) is 30.5 Å². The Labute approximate surface area is 195 Å². The lowest BCUT2D eigenvalue weighted by Crippen LogP contribution is -2.51. The zero-order valence-corrected chi connectivity index (χ0v) is 18.9. The summed E-state index contributed by atoms with van der Waals surface area (Å²) >= 11 is 6.01. The molecule has 1 aliphatic rings. The van der Waals surface area contributed by atoms with E-state index in [-0.39, 0.29) is 36.0 Å². The summed E-state index contributed by atoms with van der Waals surface area (Å²) in [7, 11) is 0. The highest BCUT2D eigenvalue weighted by molar-refractivity contribution is 6.30. The number of halogens is 2. The molecular formula is C23H24ClFN6O2. The second-order valence-electron chi connectivity index (χ2n) is 8.06. The second-order valence-corrected chi connectivity index (χ2v) is 8.49. The van der Waals surface area contributed by atoms with Gasteiger partial charge in [-0.25, -0.2) is 4.39 Å². The topological polar surface area (TPSA) is 93.0 Å². The molecule has 4 rings (SSSR count). The van der Waals surface area contributed by atoms with Gasteiger partial charge < -0.3 is 5.32 Å². The quantitative estimate of drug-likeness (QED) is 0.569. The van der Waals surface area contributed by atoms with Crippen LogP contribution in [-0.2, 0) is 16.1 Å². The van der Waals surface area contributed by atoms with Crippen LogP contribution in [0, 0.1) is 5.82 Å². The summed E-state index contributed by atoms with van der Waals surface area (Å²) in [6.07, 6.45) is 4.08. The SMILES string of the molecule is CC(C(=O)NC1CCCC1)N(C(=O)Cn1nnc(-c2ccc(F)cc2)n1)c1ccc(Cl)cc1. The van der Waals surface area contributed by atoms with E-state index in [1.807, 2.05) is 0 Å². The molecule has 1 aromatic heterocycles. The molecule has 2 amide bonds. The maximum Gasteiger partial charge on any atom is 0.251 e. The molecule has 1 atom stereocenters. The van der Waals surface area contributed by atoms with Crippen LogP contribution in [0.3, 0.4) is 0 Å². The standard InChI is InChI=1S/C23H24ClFN6O2/c1-15(23(33)26-19-4-2-3-5-19)31(20-12-8-17(24)9-13-20)21(32)14-30-28-22(27-29-30)16-6-10-18(25)11-7-16/h6-13,15,19H,2-5,14H2,1H3,(H,26,33). The van der Waals surface area contributed by atoms with Gasteiger partial charge in [-0.05, 0) is 73.5 Å². The molecule has 8 nitrogen and oxygen atoms in total. The molecule has 1 aliphatic carbocycles. The highest BCUT2D eigenvalue weighted by Gasteiger charge is 2.30. The first-order valence-electron chi connectivity index (χ1n) is 10.8. The molecule has 0 radical (unpaired) electrons. The molecule has 0 aliphatic heterocycles. The van der Waals surface area contributed by atoms with Crippen molar-refractivity contribution in [3.63, 3.8) is 0 Å². The summed E-state index contributed by atoms with van der Waals surface area (Å²) < 4.78 is 13.2. The third-order valence-electron chi connectivity index (χ3n) is 5.67. The van der Waals surface area contributed by atoms with Crippen LogP contribution in [-0.4, -0.2) is 44.1 Å². The number of carbonyl (C=O) groups is 2. The van der Waals surface area contributed by atoms with Gasteiger partial charge in [-0.1, -0.05) is 24.4 Å². The van der Waals surface area contributed by atoms with Gasteiger partial charge in [0.1, 0.15) is 18.4 Å². The molecule has 0 bridgehead atoms. The van der Waals surface area contributed by atoms with Crippen LogP contribution in [0.5, 0.6) is 0 Å². The highest BCUT2D eigenvalue weighted by atomic mass is 35.5. The minimum Gasteiger partial charge on any atom is -0.352 e. The molecule has 0 saturated heterocycles. The highest BCUT2D eigenvalue weighted by Crippen LogP contribution is 2.23. The minimum absolute atomic E-state index is 0.136. The second kappa shape index (κ2) is 10.1. The summed E-state index contributed by atoms with van der Waals surface area (Å²) in [4.78, 5) is 28.8. The van der Waals surface area contributed by atoms with Crippen LogP contribution in [0.4, 0.5) is 10.1 Å². The van der Waals surface area contributed by atoms with E-state index in [1.54, 1.807) is 31.2 Å². The van der Waals surface area contributed by atoms with Crippen molar-refractivity contribution < 1.29 is 14.0 Å². The monoisotopic (exact) mass is 470 g/mol. The molecule has 10 heteroatoms. The lowest BCUT2D eigenvalue weighted by atomic mass is 10.1. The van der Waals surface area contributed by atoms with Crippen LogP contribution in [0.1, 0.15) is 32.6 Å². The predicted molar refractivity (Wildman–Crippen MR) is 122 cm³/mol. The van der Waals surface area contributed by atoms with Gasteiger partial charge in [0.05, 0.1) is 0 Å². The third kappa shape index (κ3) is 5.54. The Balaban J connectivity index is 1.53. The normalized spacial score (nSPS) is 14.8. The Morgan fingerprint density at radius 3 is 2.48 bits per heavy atom. The van der Waals surface area contributed by atoms with E-state index in [2.05, 4.69) is 20.7 Å². The number of tetrazole rings is 1. The molecule has 172 valence electrons. The lowest BCUT2D eigenvalue weighted by Gasteiger charge is -2.29. The summed E-state index contributed by atoms with van der Waals surface area (Å²) in [5, 5.41) is 15.7.